The van der Waals surface area contributed by atoms with Crippen LogP contribution in [0.1, 0.15) is 15.9 Å². The van der Waals surface area contributed by atoms with Gasteiger partial charge in [-0.15, -0.1) is 0 Å². The Morgan fingerprint density at radius 2 is 2.00 bits per heavy atom. The monoisotopic (exact) mass is 277 g/mol. The van der Waals surface area contributed by atoms with Crippen LogP contribution in [0.25, 0.3) is 17.0 Å². The second-order valence-electron chi connectivity index (χ2n) is 4.91. The number of Topliss-reactive ketones (excluding diaryl/α,β-unsaturated/α-hetero) is 1. The number of aromatic nitrogens is 1. The van der Waals surface area contributed by atoms with Crippen molar-refractivity contribution < 1.29 is 14.6 Å². The number of allylic oxidation sites excluding steroid dienone is 1. The van der Waals surface area contributed by atoms with Crippen LogP contribution in [0.3, 0.4) is 0 Å². The van der Waals surface area contributed by atoms with Gasteiger partial charge in [0.2, 0.25) is 5.78 Å². The Morgan fingerprint density at radius 1 is 1.14 bits per heavy atom. The van der Waals surface area contributed by atoms with Crippen molar-refractivity contribution in [2.24, 2.45) is 0 Å². The number of H-pyrrole nitrogens is 1. The van der Waals surface area contributed by atoms with Gasteiger partial charge in [-0.3, -0.25) is 4.79 Å². The molecule has 4 rings (SSSR count). The van der Waals surface area contributed by atoms with Crippen LogP contribution in [-0.2, 0) is 0 Å². The third kappa shape index (κ3) is 1.80. The van der Waals surface area contributed by atoms with Gasteiger partial charge in [-0.2, -0.15) is 0 Å². The standard InChI is InChI=1S/C17H11NO3/c19-11-5-6-13-15(8-11)21-16(17(13)20)7-10-9-18-14-4-2-1-3-12(10)14/h1-9,18-19H/b16-7+. The average Bonchev–Trinajstić information content (AvgIpc) is 3.02. The first kappa shape index (κ1) is 11.8. The van der Waals surface area contributed by atoms with E-state index in [0.717, 1.165) is 16.5 Å². The maximum atomic E-state index is 12.3. The minimum atomic E-state index is -0.171. The number of benzene rings is 2. The number of carbonyl (C=O) groups excluding carboxylic acids is 1. The second-order valence-corrected chi connectivity index (χ2v) is 4.91. The Hall–Kier alpha value is -3.01. The number of aromatic hydroxyl groups is 1. The molecule has 21 heavy (non-hydrogen) atoms. The number of phenolic OH excluding ortho intramolecular Hbond substituents is 1. The molecule has 1 aliphatic rings. The quantitative estimate of drug-likeness (QED) is 0.669. The van der Waals surface area contributed by atoms with Gasteiger partial charge >= 0.3 is 0 Å². The number of hydrogen-bond donors (Lipinski definition) is 2. The van der Waals surface area contributed by atoms with E-state index in [2.05, 4.69) is 4.98 Å². The van der Waals surface area contributed by atoms with Gasteiger partial charge < -0.3 is 14.8 Å². The van der Waals surface area contributed by atoms with Gasteiger partial charge in [0.15, 0.2) is 5.76 Å². The van der Waals surface area contributed by atoms with E-state index in [1.54, 1.807) is 12.1 Å². The lowest BCUT2D eigenvalue weighted by molar-refractivity contribution is 0.101. The van der Waals surface area contributed by atoms with Crippen LogP contribution < -0.4 is 4.74 Å². The van der Waals surface area contributed by atoms with Crippen molar-refractivity contribution in [3.63, 3.8) is 0 Å². The average molecular weight is 277 g/mol. The lowest BCUT2D eigenvalue weighted by Gasteiger charge is -1.98. The molecule has 4 nitrogen and oxygen atoms in total. The normalized spacial score (nSPS) is 15.4. The molecule has 4 heteroatoms. The summed E-state index contributed by atoms with van der Waals surface area (Å²) in [5.74, 6) is 0.566. The highest BCUT2D eigenvalue weighted by molar-refractivity contribution is 6.15. The summed E-state index contributed by atoms with van der Waals surface area (Å²) in [6.45, 7) is 0. The number of rotatable bonds is 1. The van der Waals surface area contributed by atoms with Gasteiger partial charge in [-0.25, -0.2) is 0 Å². The SMILES string of the molecule is O=C1/C(=C\c2c[nH]c3ccccc23)Oc2cc(O)ccc21. The first-order valence-electron chi connectivity index (χ1n) is 6.56. The molecule has 0 amide bonds. The van der Waals surface area contributed by atoms with E-state index in [1.165, 1.54) is 12.1 Å². The molecule has 3 aromatic rings. The zero-order valence-electron chi connectivity index (χ0n) is 11.0. The summed E-state index contributed by atoms with van der Waals surface area (Å²) in [6, 6.07) is 12.4. The smallest absolute Gasteiger partial charge is 0.231 e. The maximum Gasteiger partial charge on any atom is 0.231 e. The van der Waals surface area contributed by atoms with E-state index in [9.17, 15) is 9.90 Å². The molecular formula is C17H11NO3. The van der Waals surface area contributed by atoms with Crippen LogP contribution in [0.15, 0.2) is 54.4 Å². The maximum absolute atomic E-state index is 12.3. The number of fused-ring (bicyclic) bond motifs is 2. The number of hydrogen-bond acceptors (Lipinski definition) is 3. The number of ketones is 1. The number of para-hydroxylation sites is 1. The number of aromatic amines is 1. The highest BCUT2D eigenvalue weighted by Crippen LogP contribution is 2.35. The molecule has 0 saturated carbocycles. The Labute approximate surface area is 120 Å². The van der Waals surface area contributed by atoms with Crippen LogP contribution in [-0.4, -0.2) is 15.9 Å². The number of nitrogens with one attached hydrogen (secondary N) is 1. The van der Waals surface area contributed by atoms with Gasteiger partial charge in [0.05, 0.1) is 5.56 Å². The van der Waals surface area contributed by atoms with Crippen LogP contribution >= 0.6 is 0 Å². The fourth-order valence-corrected chi connectivity index (χ4v) is 2.53. The highest BCUT2D eigenvalue weighted by atomic mass is 16.5. The molecule has 1 aromatic heterocycles. The van der Waals surface area contributed by atoms with Gasteiger partial charge in [0.25, 0.3) is 0 Å². The van der Waals surface area contributed by atoms with E-state index in [1.807, 2.05) is 30.5 Å². The summed E-state index contributed by atoms with van der Waals surface area (Å²) >= 11 is 0. The van der Waals surface area contributed by atoms with E-state index >= 15 is 0 Å². The van der Waals surface area contributed by atoms with Crippen molar-refractivity contribution in [3.05, 3.63) is 65.5 Å². The largest absolute Gasteiger partial charge is 0.508 e. The van der Waals surface area contributed by atoms with Crippen molar-refractivity contribution in [1.82, 2.24) is 4.98 Å². The summed E-state index contributed by atoms with van der Waals surface area (Å²) in [4.78, 5) is 15.4. The molecule has 0 atom stereocenters. The predicted molar refractivity (Wildman–Crippen MR) is 79.3 cm³/mol. The number of carbonyl (C=O) groups is 1. The molecule has 0 spiro atoms. The number of ether oxygens (including phenoxy) is 1. The molecule has 0 aliphatic carbocycles. The molecule has 0 bridgehead atoms. The van der Waals surface area contributed by atoms with Gasteiger partial charge in [0, 0.05) is 28.7 Å². The van der Waals surface area contributed by atoms with E-state index in [0.29, 0.717) is 11.3 Å². The second kappa shape index (κ2) is 4.24. The molecule has 0 radical (unpaired) electrons. The van der Waals surface area contributed by atoms with Gasteiger partial charge in [0.1, 0.15) is 11.5 Å². The zero-order valence-corrected chi connectivity index (χ0v) is 11.0. The number of phenols is 1. The molecular weight excluding hydrogens is 266 g/mol. The summed E-state index contributed by atoms with van der Waals surface area (Å²) in [5, 5.41) is 10.5. The molecule has 2 heterocycles. The van der Waals surface area contributed by atoms with E-state index in [4.69, 9.17) is 4.74 Å². The van der Waals surface area contributed by atoms with Gasteiger partial charge in [-0.05, 0) is 24.3 Å². The molecule has 2 aromatic carbocycles. The fraction of sp³-hybridized carbons (Fsp3) is 0. The van der Waals surface area contributed by atoms with Crippen LogP contribution in [0.2, 0.25) is 0 Å². The minimum absolute atomic E-state index is 0.0786. The molecule has 0 saturated heterocycles. The van der Waals surface area contributed by atoms with Crippen LogP contribution in [0.5, 0.6) is 11.5 Å². The first-order chi connectivity index (χ1) is 10.2. The lowest BCUT2D eigenvalue weighted by Crippen LogP contribution is -1.97. The van der Waals surface area contributed by atoms with Crippen molar-refractivity contribution >= 4 is 22.8 Å². The fourth-order valence-electron chi connectivity index (χ4n) is 2.53. The Morgan fingerprint density at radius 3 is 2.90 bits per heavy atom. The third-order valence-electron chi connectivity index (χ3n) is 3.56. The summed E-state index contributed by atoms with van der Waals surface area (Å²) in [5.41, 5.74) is 2.37. The Bertz CT molecular complexity index is 905. The molecule has 1 aliphatic heterocycles. The molecule has 0 unspecified atom stereocenters. The van der Waals surface area contributed by atoms with Crippen molar-refractivity contribution in [1.29, 1.82) is 0 Å². The van der Waals surface area contributed by atoms with Crippen LogP contribution in [0.4, 0.5) is 0 Å². The molecule has 0 fully saturated rings. The lowest BCUT2D eigenvalue weighted by atomic mass is 10.1. The van der Waals surface area contributed by atoms with E-state index < -0.39 is 0 Å². The molecule has 102 valence electrons. The van der Waals surface area contributed by atoms with Gasteiger partial charge in [-0.1, -0.05) is 18.2 Å². The summed E-state index contributed by atoms with van der Waals surface area (Å²) in [6.07, 6.45) is 3.56. The predicted octanol–water partition coefficient (Wildman–Crippen LogP) is 3.49. The topological polar surface area (TPSA) is 62.3 Å². The Kier molecular flexibility index (Phi) is 2.38. The van der Waals surface area contributed by atoms with Crippen LogP contribution in [0, 0.1) is 0 Å². The first-order valence-corrected chi connectivity index (χ1v) is 6.56. The Balaban J connectivity index is 1.80. The highest BCUT2D eigenvalue weighted by Gasteiger charge is 2.27. The van der Waals surface area contributed by atoms with Crippen molar-refractivity contribution in [2.75, 3.05) is 0 Å². The van der Waals surface area contributed by atoms with E-state index in [-0.39, 0.29) is 17.3 Å². The molecule has 2 N–H and O–H groups in total. The summed E-state index contributed by atoms with van der Waals surface area (Å²) in [7, 11) is 0. The zero-order chi connectivity index (χ0) is 14.4. The minimum Gasteiger partial charge on any atom is -0.508 e. The van der Waals surface area contributed by atoms with Crippen molar-refractivity contribution in [2.45, 2.75) is 0 Å². The third-order valence-corrected chi connectivity index (χ3v) is 3.56. The van der Waals surface area contributed by atoms with Crippen molar-refractivity contribution in [3.8, 4) is 11.5 Å². The summed E-state index contributed by atoms with van der Waals surface area (Å²) < 4.78 is 5.56.